The summed E-state index contributed by atoms with van der Waals surface area (Å²) in [5, 5.41) is 3.36. The van der Waals surface area contributed by atoms with Gasteiger partial charge in [0, 0.05) is 18.2 Å². The summed E-state index contributed by atoms with van der Waals surface area (Å²) in [7, 11) is 0. The second-order valence-corrected chi connectivity index (χ2v) is 4.62. The maximum absolute atomic E-state index is 13.3. The average Bonchev–Trinajstić information content (AvgIpc) is 2.28. The molecule has 1 aromatic carbocycles. The van der Waals surface area contributed by atoms with Crippen LogP contribution in [0.3, 0.4) is 0 Å². The van der Waals surface area contributed by atoms with Gasteiger partial charge >= 0.3 is 0 Å². The molecule has 0 saturated heterocycles. The lowest BCUT2D eigenvalue weighted by Crippen LogP contribution is -2.27. The molecule has 0 radical (unpaired) electrons. The van der Waals surface area contributed by atoms with Crippen LogP contribution in [0, 0.1) is 11.7 Å². The first-order valence-electron chi connectivity index (χ1n) is 6.10. The van der Waals surface area contributed by atoms with Crippen LogP contribution >= 0.6 is 0 Å². The van der Waals surface area contributed by atoms with Crippen molar-refractivity contribution in [2.45, 2.75) is 46.2 Å². The van der Waals surface area contributed by atoms with E-state index in [9.17, 15) is 4.39 Å². The Balaban J connectivity index is 2.37. The molecule has 2 unspecified atom stereocenters. The van der Waals surface area contributed by atoms with Crippen molar-refractivity contribution in [1.29, 1.82) is 0 Å². The van der Waals surface area contributed by atoms with Gasteiger partial charge in [0.1, 0.15) is 5.82 Å². The number of benzene rings is 1. The van der Waals surface area contributed by atoms with Crippen molar-refractivity contribution >= 4 is 0 Å². The van der Waals surface area contributed by atoms with Crippen LogP contribution in [-0.4, -0.2) is 6.04 Å². The van der Waals surface area contributed by atoms with Crippen molar-refractivity contribution in [3.63, 3.8) is 0 Å². The second kappa shape index (κ2) is 6.64. The molecule has 0 aliphatic rings. The minimum absolute atomic E-state index is 0.120. The predicted octanol–water partition coefficient (Wildman–Crippen LogP) is 3.74. The third-order valence-electron chi connectivity index (χ3n) is 3.05. The highest BCUT2D eigenvalue weighted by atomic mass is 19.1. The second-order valence-electron chi connectivity index (χ2n) is 4.62. The van der Waals surface area contributed by atoms with Gasteiger partial charge in [-0.3, -0.25) is 0 Å². The van der Waals surface area contributed by atoms with Gasteiger partial charge in [0.2, 0.25) is 0 Å². The highest BCUT2D eigenvalue weighted by Crippen LogP contribution is 2.11. The molecule has 90 valence electrons. The molecule has 2 atom stereocenters. The minimum atomic E-state index is -0.120. The van der Waals surface area contributed by atoms with E-state index in [0.717, 1.165) is 17.9 Å². The van der Waals surface area contributed by atoms with E-state index in [1.807, 2.05) is 12.1 Å². The van der Waals surface area contributed by atoms with Crippen LogP contribution in [0.1, 0.15) is 39.2 Å². The third kappa shape index (κ3) is 4.31. The van der Waals surface area contributed by atoms with E-state index in [1.54, 1.807) is 6.07 Å². The molecule has 2 heteroatoms. The molecule has 0 aromatic heterocycles. The highest BCUT2D eigenvalue weighted by molar-refractivity contribution is 5.16. The van der Waals surface area contributed by atoms with Crippen LogP contribution in [0.2, 0.25) is 0 Å². The molecule has 0 saturated carbocycles. The largest absolute Gasteiger partial charge is 0.310 e. The molecule has 0 bridgehead atoms. The van der Waals surface area contributed by atoms with Gasteiger partial charge in [-0.1, -0.05) is 38.5 Å². The first kappa shape index (κ1) is 13.2. The van der Waals surface area contributed by atoms with Crippen molar-refractivity contribution in [3.05, 3.63) is 35.6 Å². The molecule has 16 heavy (non-hydrogen) atoms. The molecule has 1 rings (SSSR count). The normalized spacial score (nSPS) is 14.8. The van der Waals surface area contributed by atoms with Crippen molar-refractivity contribution in [2.75, 3.05) is 0 Å². The number of nitrogens with one attached hydrogen (secondary N) is 1. The fourth-order valence-electron chi connectivity index (χ4n) is 1.78. The van der Waals surface area contributed by atoms with Crippen LogP contribution in [0.5, 0.6) is 0 Å². The average molecular weight is 223 g/mol. The van der Waals surface area contributed by atoms with E-state index in [0.29, 0.717) is 12.6 Å². The molecule has 0 spiro atoms. The minimum Gasteiger partial charge on any atom is -0.310 e. The summed E-state index contributed by atoms with van der Waals surface area (Å²) in [4.78, 5) is 0. The van der Waals surface area contributed by atoms with Gasteiger partial charge in [-0.05, 0) is 25.3 Å². The Hall–Kier alpha value is -0.890. The first-order valence-corrected chi connectivity index (χ1v) is 6.10. The van der Waals surface area contributed by atoms with E-state index in [1.165, 1.54) is 12.5 Å². The summed E-state index contributed by atoms with van der Waals surface area (Å²) < 4.78 is 13.3. The summed E-state index contributed by atoms with van der Waals surface area (Å²) in [6.07, 6.45) is 2.34. The van der Waals surface area contributed by atoms with E-state index in [-0.39, 0.29) is 5.82 Å². The fraction of sp³-hybridized carbons (Fsp3) is 0.571. The predicted molar refractivity (Wildman–Crippen MR) is 66.8 cm³/mol. The number of hydrogen-bond donors (Lipinski definition) is 1. The van der Waals surface area contributed by atoms with Gasteiger partial charge in [0.25, 0.3) is 0 Å². The quantitative estimate of drug-likeness (QED) is 0.774. The van der Waals surface area contributed by atoms with Crippen LogP contribution in [0.15, 0.2) is 24.3 Å². The van der Waals surface area contributed by atoms with E-state index >= 15 is 0 Å². The molecule has 0 amide bonds. The SMILES string of the molecule is CCC(C)CC(C)NCc1ccccc1F. The number of rotatable bonds is 6. The van der Waals surface area contributed by atoms with Gasteiger partial charge in [-0.2, -0.15) is 0 Å². The van der Waals surface area contributed by atoms with E-state index in [4.69, 9.17) is 0 Å². The van der Waals surface area contributed by atoms with Crippen LogP contribution in [0.4, 0.5) is 4.39 Å². The summed E-state index contributed by atoms with van der Waals surface area (Å²) in [6, 6.07) is 7.38. The first-order chi connectivity index (χ1) is 7.63. The Morgan fingerprint density at radius 2 is 1.94 bits per heavy atom. The highest BCUT2D eigenvalue weighted by Gasteiger charge is 2.07. The Morgan fingerprint density at radius 1 is 1.25 bits per heavy atom. The molecule has 1 N–H and O–H groups in total. The Bertz CT molecular complexity index is 311. The Kier molecular flexibility index (Phi) is 5.47. The third-order valence-corrected chi connectivity index (χ3v) is 3.05. The van der Waals surface area contributed by atoms with Crippen molar-refractivity contribution in [1.82, 2.24) is 5.32 Å². The smallest absolute Gasteiger partial charge is 0.127 e. The zero-order valence-corrected chi connectivity index (χ0v) is 10.5. The molecular weight excluding hydrogens is 201 g/mol. The molecule has 0 aliphatic heterocycles. The fourth-order valence-corrected chi connectivity index (χ4v) is 1.78. The van der Waals surface area contributed by atoms with Gasteiger partial charge < -0.3 is 5.32 Å². The lowest BCUT2D eigenvalue weighted by Gasteiger charge is -2.17. The molecule has 1 aromatic rings. The van der Waals surface area contributed by atoms with E-state index in [2.05, 4.69) is 26.1 Å². The maximum atomic E-state index is 13.3. The standard InChI is InChI=1S/C14H22FN/c1-4-11(2)9-12(3)16-10-13-7-5-6-8-14(13)15/h5-8,11-12,16H,4,9-10H2,1-3H3. The van der Waals surface area contributed by atoms with Crippen LogP contribution < -0.4 is 5.32 Å². The zero-order chi connectivity index (χ0) is 12.0. The summed E-state index contributed by atoms with van der Waals surface area (Å²) in [6.45, 7) is 7.23. The monoisotopic (exact) mass is 223 g/mol. The van der Waals surface area contributed by atoms with Gasteiger partial charge in [-0.25, -0.2) is 4.39 Å². The van der Waals surface area contributed by atoms with Gasteiger partial charge in [-0.15, -0.1) is 0 Å². The van der Waals surface area contributed by atoms with Crippen LogP contribution in [0.25, 0.3) is 0 Å². The number of halogens is 1. The molecular formula is C14H22FN. The lowest BCUT2D eigenvalue weighted by molar-refractivity contribution is 0.409. The molecule has 1 nitrogen and oxygen atoms in total. The zero-order valence-electron chi connectivity index (χ0n) is 10.5. The maximum Gasteiger partial charge on any atom is 0.127 e. The Labute approximate surface area is 98.1 Å². The summed E-state index contributed by atoms with van der Waals surface area (Å²) in [5.41, 5.74) is 0.749. The molecule has 0 heterocycles. The van der Waals surface area contributed by atoms with E-state index < -0.39 is 0 Å². The summed E-state index contributed by atoms with van der Waals surface area (Å²) >= 11 is 0. The van der Waals surface area contributed by atoms with Gasteiger partial charge in [0.15, 0.2) is 0 Å². The van der Waals surface area contributed by atoms with Crippen molar-refractivity contribution < 1.29 is 4.39 Å². The van der Waals surface area contributed by atoms with Crippen molar-refractivity contribution in [2.24, 2.45) is 5.92 Å². The molecule has 0 fully saturated rings. The van der Waals surface area contributed by atoms with Gasteiger partial charge in [0.05, 0.1) is 0 Å². The topological polar surface area (TPSA) is 12.0 Å². The Morgan fingerprint density at radius 3 is 2.56 bits per heavy atom. The lowest BCUT2D eigenvalue weighted by atomic mass is 10.0. The van der Waals surface area contributed by atoms with Crippen LogP contribution in [-0.2, 0) is 6.54 Å². The number of hydrogen-bond acceptors (Lipinski definition) is 1. The molecule has 0 aliphatic carbocycles. The summed E-state index contributed by atoms with van der Waals surface area (Å²) in [5.74, 6) is 0.605. The van der Waals surface area contributed by atoms with Crippen molar-refractivity contribution in [3.8, 4) is 0 Å².